The highest BCUT2D eigenvalue weighted by molar-refractivity contribution is 7.11. The Kier molecular flexibility index (Phi) is 6.34. The van der Waals surface area contributed by atoms with Gasteiger partial charge >= 0.3 is 0 Å². The lowest BCUT2D eigenvalue weighted by Crippen LogP contribution is -2.40. The first-order valence-electron chi connectivity index (χ1n) is 10.9. The molecule has 1 N–H and O–H groups in total. The minimum absolute atomic E-state index is 0.0758. The highest BCUT2D eigenvalue weighted by atomic mass is 32.1. The lowest BCUT2D eigenvalue weighted by molar-refractivity contribution is -0.131. The van der Waals surface area contributed by atoms with E-state index >= 15 is 0 Å². The second-order valence-corrected chi connectivity index (χ2v) is 10.0. The van der Waals surface area contributed by atoms with Crippen molar-refractivity contribution in [3.05, 3.63) is 43.5 Å². The van der Waals surface area contributed by atoms with Gasteiger partial charge in [-0.15, -0.1) is 11.3 Å². The van der Waals surface area contributed by atoms with Gasteiger partial charge in [-0.05, 0) is 59.7 Å². The van der Waals surface area contributed by atoms with Crippen molar-refractivity contribution in [2.24, 2.45) is 0 Å². The Morgan fingerprint density at radius 3 is 2.63 bits per heavy atom. The van der Waals surface area contributed by atoms with Crippen molar-refractivity contribution in [2.75, 3.05) is 33.2 Å². The Hall–Kier alpha value is -2.06. The smallest absolute Gasteiger partial charge is 0.251 e. The zero-order valence-electron chi connectivity index (χ0n) is 18.1. The number of carbonyl (C=O) groups excluding carboxylic acids is 1. The van der Waals surface area contributed by atoms with E-state index in [0.29, 0.717) is 18.9 Å². The molecule has 1 atom stereocenters. The molecule has 2 fully saturated rings. The van der Waals surface area contributed by atoms with Crippen molar-refractivity contribution in [3.8, 4) is 0 Å². The number of aromatic nitrogens is 3. The van der Waals surface area contributed by atoms with Crippen molar-refractivity contribution in [2.45, 2.75) is 57.8 Å². The van der Waals surface area contributed by atoms with Gasteiger partial charge in [0, 0.05) is 35.9 Å². The van der Waals surface area contributed by atoms with E-state index in [4.69, 9.17) is 4.98 Å². The molecule has 4 rings (SSSR count). The highest BCUT2D eigenvalue weighted by Crippen LogP contribution is 2.29. The average molecular weight is 430 g/mol. The molecule has 0 aliphatic carbocycles. The SMILES string of the molecule is Cc1nc(C)c(CC(=O)N2CCC[C@@H](c3cc(=O)[nH]c(C4CCN(C)CC4)n3)C2)s1. The minimum atomic E-state index is -0.0758. The van der Waals surface area contributed by atoms with Crippen LogP contribution < -0.4 is 5.56 Å². The summed E-state index contributed by atoms with van der Waals surface area (Å²) < 4.78 is 0. The van der Waals surface area contributed by atoms with Gasteiger partial charge in [0.1, 0.15) is 5.82 Å². The van der Waals surface area contributed by atoms with Crippen LogP contribution in [0.15, 0.2) is 10.9 Å². The van der Waals surface area contributed by atoms with Crippen LogP contribution in [0.2, 0.25) is 0 Å². The molecule has 30 heavy (non-hydrogen) atoms. The molecular weight excluding hydrogens is 398 g/mol. The fourth-order valence-corrected chi connectivity index (χ4v) is 5.54. The largest absolute Gasteiger partial charge is 0.342 e. The normalized spacial score (nSPS) is 21.2. The number of likely N-dealkylation sites (tertiary alicyclic amines) is 2. The van der Waals surface area contributed by atoms with Crippen LogP contribution in [0.4, 0.5) is 0 Å². The lowest BCUT2D eigenvalue weighted by atomic mass is 9.93. The zero-order chi connectivity index (χ0) is 21.3. The number of aromatic amines is 1. The molecule has 8 heteroatoms. The number of nitrogens with zero attached hydrogens (tertiary/aromatic N) is 4. The molecule has 0 saturated carbocycles. The molecule has 0 aromatic carbocycles. The number of amides is 1. The molecule has 2 aliphatic heterocycles. The first-order valence-corrected chi connectivity index (χ1v) is 11.7. The van der Waals surface area contributed by atoms with Gasteiger partial charge in [0.25, 0.3) is 5.56 Å². The molecule has 2 aromatic heterocycles. The quantitative estimate of drug-likeness (QED) is 0.808. The molecule has 2 aliphatic rings. The van der Waals surface area contributed by atoms with E-state index in [0.717, 1.165) is 72.4 Å². The van der Waals surface area contributed by atoms with Crippen molar-refractivity contribution in [1.29, 1.82) is 0 Å². The van der Waals surface area contributed by atoms with Gasteiger partial charge < -0.3 is 14.8 Å². The van der Waals surface area contributed by atoms with Crippen LogP contribution >= 0.6 is 11.3 Å². The molecule has 1 amide bonds. The molecule has 0 radical (unpaired) electrons. The first kappa shape index (κ1) is 21.2. The number of hydrogen-bond donors (Lipinski definition) is 1. The number of thiazole rings is 1. The van der Waals surface area contributed by atoms with Crippen molar-refractivity contribution >= 4 is 17.2 Å². The molecule has 2 saturated heterocycles. The van der Waals surface area contributed by atoms with Crippen LogP contribution in [0.1, 0.15) is 64.6 Å². The first-order chi connectivity index (χ1) is 14.4. The topological polar surface area (TPSA) is 82.2 Å². The molecule has 0 bridgehead atoms. The van der Waals surface area contributed by atoms with Gasteiger partial charge in [-0.1, -0.05) is 0 Å². The highest BCUT2D eigenvalue weighted by Gasteiger charge is 2.28. The Labute approximate surface area is 181 Å². The third-order valence-corrected chi connectivity index (χ3v) is 7.46. The standard InChI is InChI=1S/C22H31N5O2S/c1-14-19(30-15(2)23-14)12-21(29)27-8-4-5-17(13-27)18-11-20(28)25-22(24-18)16-6-9-26(3)10-7-16/h11,16-17H,4-10,12-13H2,1-3H3,(H,24,25,28)/t17-/m1/s1. The third-order valence-electron chi connectivity index (χ3n) is 6.39. The minimum Gasteiger partial charge on any atom is -0.342 e. The third kappa shape index (κ3) is 4.81. The van der Waals surface area contributed by atoms with E-state index in [9.17, 15) is 9.59 Å². The molecule has 162 valence electrons. The maximum absolute atomic E-state index is 12.9. The van der Waals surface area contributed by atoms with E-state index in [2.05, 4.69) is 21.9 Å². The van der Waals surface area contributed by atoms with E-state index < -0.39 is 0 Å². The predicted octanol–water partition coefficient (Wildman–Crippen LogP) is 2.60. The molecule has 0 unspecified atom stereocenters. The Balaban J connectivity index is 1.47. The fourth-order valence-electron chi connectivity index (χ4n) is 4.61. The van der Waals surface area contributed by atoms with Crippen LogP contribution in [-0.4, -0.2) is 63.9 Å². The summed E-state index contributed by atoms with van der Waals surface area (Å²) in [4.78, 5) is 42.9. The number of H-pyrrole nitrogens is 1. The van der Waals surface area contributed by atoms with Crippen LogP contribution in [0.25, 0.3) is 0 Å². The van der Waals surface area contributed by atoms with Crippen molar-refractivity contribution in [1.82, 2.24) is 24.8 Å². The van der Waals surface area contributed by atoms with Crippen molar-refractivity contribution in [3.63, 3.8) is 0 Å². The summed E-state index contributed by atoms with van der Waals surface area (Å²) in [5.74, 6) is 1.41. The van der Waals surface area contributed by atoms with Gasteiger partial charge in [0.05, 0.1) is 22.8 Å². The summed E-state index contributed by atoms with van der Waals surface area (Å²) in [5, 5.41) is 1.00. The number of rotatable bonds is 4. The number of carbonyl (C=O) groups is 1. The van der Waals surface area contributed by atoms with E-state index in [-0.39, 0.29) is 17.4 Å². The fraction of sp³-hybridized carbons (Fsp3) is 0.636. The number of nitrogens with one attached hydrogen (secondary N) is 1. The molecule has 4 heterocycles. The maximum atomic E-state index is 12.9. The van der Waals surface area contributed by atoms with Crippen LogP contribution in [0.5, 0.6) is 0 Å². The van der Waals surface area contributed by atoms with E-state index in [1.807, 2.05) is 18.7 Å². The second kappa shape index (κ2) is 8.98. The van der Waals surface area contributed by atoms with Gasteiger partial charge in [-0.2, -0.15) is 0 Å². The predicted molar refractivity (Wildman–Crippen MR) is 118 cm³/mol. The van der Waals surface area contributed by atoms with E-state index in [1.54, 1.807) is 17.4 Å². The number of aryl methyl sites for hydroxylation is 2. The maximum Gasteiger partial charge on any atom is 0.251 e. The van der Waals surface area contributed by atoms with Crippen LogP contribution in [0.3, 0.4) is 0 Å². The summed E-state index contributed by atoms with van der Waals surface area (Å²) in [5.41, 5.74) is 1.72. The van der Waals surface area contributed by atoms with Crippen LogP contribution in [0, 0.1) is 13.8 Å². The van der Waals surface area contributed by atoms with Crippen molar-refractivity contribution < 1.29 is 4.79 Å². The Morgan fingerprint density at radius 1 is 1.17 bits per heavy atom. The second-order valence-electron chi connectivity index (χ2n) is 8.73. The number of hydrogen-bond acceptors (Lipinski definition) is 6. The summed E-state index contributed by atoms with van der Waals surface area (Å²) in [7, 11) is 2.13. The summed E-state index contributed by atoms with van der Waals surface area (Å²) in [6.07, 6.45) is 4.35. The van der Waals surface area contributed by atoms with Gasteiger partial charge in [-0.25, -0.2) is 9.97 Å². The molecule has 0 spiro atoms. The van der Waals surface area contributed by atoms with Gasteiger partial charge in [0.15, 0.2) is 0 Å². The molecular formula is C22H31N5O2S. The summed E-state index contributed by atoms with van der Waals surface area (Å²) in [6, 6.07) is 1.63. The zero-order valence-corrected chi connectivity index (χ0v) is 18.9. The summed E-state index contributed by atoms with van der Waals surface area (Å²) >= 11 is 1.60. The van der Waals surface area contributed by atoms with Crippen LogP contribution in [-0.2, 0) is 11.2 Å². The lowest BCUT2D eigenvalue weighted by Gasteiger charge is -2.33. The number of piperidine rings is 2. The summed E-state index contributed by atoms with van der Waals surface area (Å²) in [6.45, 7) is 7.41. The Bertz CT molecular complexity index is 961. The molecule has 7 nitrogen and oxygen atoms in total. The monoisotopic (exact) mass is 429 g/mol. The van der Waals surface area contributed by atoms with E-state index in [1.165, 1.54) is 0 Å². The molecule has 2 aromatic rings. The van der Waals surface area contributed by atoms with Gasteiger partial charge in [-0.3, -0.25) is 9.59 Å². The Morgan fingerprint density at radius 2 is 1.93 bits per heavy atom. The average Bonchev–Trinajstić information content (AvgIpc) is 3.04. The van der Waals surface area contributed by atoms with Gasteiger partial charge in [0.2, 0.25) is 5.91 Å².